The number of hydrogen-bond donors (Lipinski definition) is 0. The molecule has 0 saturated carbocycles. The van der Waals surface area contributed by atoms with E-state index in [4.69, 9.17) is 8.94 Å². The molecule has 3 aromatic rings. The van der Waals surface area contributed by atoms with Gasteiger partial charge in [0.1, 0.15) is 11.8 Å². The Hall–Kier alpha value is -2.24. The maximum atomic E-state index is 12.4. The Morgan fingerprint density at radius 1 is 1.11 bits per heavy atom. The Morgan fingerprint density at radius 2 is 1.89 bits per heavy atom. The van der Waals surface area contributed by atoms with E-state index in [0.29, 0.717) is 16.5 Å². The second kappa shape index (κ2) is 3.63. The first kappa shape index (κ1) is 10.9. The molecule has 0 atom stereocenters. The van der Waals surface area contributed by atoms with Crippen LogP contribution in [0.1, 0.15) is 5.69 Å². The summed E-state index contributed by atoms with van der Waals surface area (Å²) in [5, 5.41) is 3.69. The van der Waals surface area contributed by atoms with Crippen LogP contribution in [0.3, 0.4) is 0 Å². The Balaban J connectivity index is 2.13. The summed E-state index contributed by atoms with van der Waals surface area (Å²) in [7, 11) is 0. The molecule has 0 bridgehead atoms. The lowest BCUT2D eigenvalue weighted by molar-refractivity contribution is -0.142. The third-order valence-corrected chi connectivity index (χ3v) is 2.55. The van der Waals surface area contributed by atoms with Crippen LogP contribution in [0.4, 0.5) is 13.2 Å². The van der Waals surface area contributed by atoms with Gasteiger partial charge in [0.15, 0.2) is 11.5 Å². The molecular formula is C12H6F3NO2. The minimum absolute atomic E-state index is 0.0345. The average Bonchev–Trinajstić information content (AvgIpc) is 2.94. The van der Waals surface area contributed by atoms with Crippen molar-refractivity contribution in [2.24, 2.45) is 0 Å². The van der Waals surface area contributed by atoms with Gasteiger partial charge in [0, 0.05) is 11.5 Å². The van der Waals surface area contributed by atoms with Crippen LogP contribution in [0.15, 0.2) is 45.5 Å². The number of halogens is 3. The zero-order valence-corrected chi connectivity index (χ0v) is 8.86. The summed E-state index contributed by atoms with van der Waals surface area (Å²) in [5.41, 5.74) is -0.0196. The van der Waals surface area contributed by atoms with Crippen LogP contribution in [0.2, 0.25) is 0 Å². The molecule has 0 fully saturated rings. The molecule has 0 aliphatic heterocycles. The van der Waals surface area contributed by atoms with Gasteiger partial charge in [0.2, 0.25) is 0 Å². The molecule has 0 aliphatic rings. The lowest BCUT2D eigenvalue weighted by Crippen LogP contribution is -2.04. The van der Waals surface area contributed by atoms with E-state index < -0.39 is 11.9 Å². The van der Waals surface area contributed by atoms with E-state index in [2.05, 4.69) is 5.16 Å². The van der Waals surface area contributed by atoms with Crippen molar-refractivity contribution in [1.29, 1.82) is 0 Å². The zero-order valence-electron chi connectivity index (χ0n) is 8.86. The fourth-order valence-corrected chi connectivity index (χ4v) is 1.70. The number of alkyl halides is 3. The lowest BCUT2D eigenvalue weighted by Gasteiger charge is -1.97. The Kier molecular flexibility index (Phi) is 2.19. The highest BCUT2D eigenvalue weighted by molar-refractivity contribution is 5.92. The molecule has 0 saturated heterocycles. The molecule has 2 heterocycles. The molecule has 0 radical (unpaired) electrons. The summed E-state index contributed by atoms with van der Waals surface area (Å²) in [4.78, 5) is 0. The highest BCUT2D eigenvalue weighted by Crippen LogP contribution is 2.35. The maximum absolute atomic E-state index is 12.4. The van der Waals surface area contributed by atoms with Crippen LogP contribution in [-0.4, -0.2) is 5.16 Å². The number of para-hydroxylation sites is 1. The summed E-state index contributed by atoms with van der Waals surface area (Å²) >= 11 is 0. The second-order valence-electron chi connectivity index (χ2n) is 3.72. The Bertz CT molecular complexity index is 696. The maximum Gasteiger partial charge on any atom is 0.436 e. The molecule has 18 heavy (non-hydrogen) atoms. The molecule has 3 nitrogen and oxygen atoms in total. The topological polar surface area (TPSA) is 39.2 Å². The van der Waals surface area contributed by atoms with E-state index in [1.54, 1.807) is 24.3 Å². The van der Waals surface area contributed by atoms with Crippen LogP contribution in [0, 0.1) is 0 Å². The molecule has 1 aromatic carbocycles. The number of fused-ring (bicyclic) bond motifs is 1. The molecule has 92 valence electrons. The number of rotatable bonds is 1. The van der Waals surface area contributed by atoms with Gasteiger partial charge >= 0.3 is 6.18 Å². The SMILES string of the molecule is FC(F)(F)c1cc(-c2coc3ccccc23)on1. The zero-order chi connectivity index (χ0) is 12.8. The molecule has 0 spiro atoms. The summed E-state index contributed by atoms with van der Waals surface area (Å²) in [6, 6.07) is 7.86. The van der Waals surface area contributed by atoms with Gasteiger partial charge in [0.25, 0.3) is 0 Å². The molecule has 6 heteroatoms. The normalized spacial score (nSPS) is 12.2. The smallest absolute Gasteiger partial charge is 0.436 e. The van der Waals surface area contributed by atoms with Crippen LogP contribution in [0.5, 0.6) is 0 Å². The van der Waals surface area contributed by atoms with Gasteiger partial charge in [-0.25, -0.2) is 0 Å². The van der Waals surface area contributed by atoms with Gasteiger partial charge < -0.3 is 8.94 Å². The number of benzene rings is 1. The van der Waals surface area contributed by atoms with Crippen molar-refractivity contribution >= 4 is 11.0 Å². The van der Waals surface area contributed by atoms with Gasteiger partial charge in [-0.05, 0) is 6.07 Å². The van der Waals surface area contributed by atoms with Crippen molar-refractivity contribution in [2.45, 2.75) is 6.18 Å². The molecule has 0 N–H and O–H groups in total. The summed E-state index contributed by atoms with van der Waals surface area (Å²) in [5.74, 6) is 0.0345. The van der Waals surface area contributed by atoms with Gasteiger partial charge in [0.05, 0.1) is 5.56 Å². The number of nitrogens with zero attached hydrogens (tertiary/aromatic N) is 1. The van der Waals surface area contributed by atoms with E-state index in [1.807, 2.05) is 0 Å². The minimum atomic E-state index is -4.51. The number of hydrogen-bond acceptors (Lipinski definition) is 3. The lowest BCUT2D eigenvalue weighted by atomic mass is 10.1. The van der Waals surface area contributed by atoms with Gasteiger partial charge in [-0.15, -0.1) is 0 Å². The van der Waals surface area contributed by atoms with Gasteiger partial charge in [-0.3, -0.25) is 0 Å². The van der Waals surface area contributed by atoms with Gasteiger partial charge in [-0.2, -0.15) is 13.2 Å². The number of aromatic nitrogens is 1. The summed E-state index contributed by atoms with van der Waals surface area (Å²) in [6.45, 7) is 0. The standard InChI is InChI=1S/C12H6F3NO2/c13-12(14,15)11-5-10(18-16-11)8-6-17-9-4-2-1-3-7(8)9/h1-6H. The predicted molar refractivity (Wildman–Crippen MR) is 56.7 cm³/mol. The van der Waals surface area contributed by atoms with Crippen molar-refractivity contribution in [2.75, 3.05) is 0 Å². The highest BCUT2D eigenvalue weighted by Gasteiger charge is 2.35. The van der Waals surface area contributed by atoms with E-state index in [0.717, 1.165) is 6.07 Å². The van der Waals surface area contributed by atoms with Crippen LogP contribution >= 0.6 is 0 Å². The Labute approximate surface area is 98.8 Å². The van der Waals surface area contributed by atoms with Crippen molar-refractivity contribution in [3.8, 4) is 11.3 Å². The van der Waals surface area contributed by atoms with Crippen LogP contribution < -0.4 is 0 Å². The first-order chi connectivity index (χ1) is 8.55. The first-order valence-corrected chi connectivity index (χ1v) is 5.06. The van der Waals surface area contributed by atoms with E-state index in [1.165, 1.54) is 6.26 Å². The second-order valence-corrected chi connectivity index (χ2v) is 3.72. The molecule has 2 aromatic heterocycles. The molecule has 3 rings (SSSR count). The molecular weight excluding hydrogens is 247 g/mol. The number of furan rings is 1. The average molecular weight is 253 g/mol. The minimum Gasteiger partial charge on any atom is -0.464 e. The summed E-state index contributed by atoms with van der Waals surface area (Å²) < 4.78 is 47.2. The fourth-order valence-electron chi connectivity index (χ4n) is 1.70. The summed E-state index contributed by atoms with van der Waals surface area (Å²) in [6.07, 6.45) is -3.16. The van der Waals surface area contributed by atoms with E-state index in [-0.39, 0.29) is 5.76 Å². The van der Waals surface area contributed by atoms with Crippen molar-refractivity contribution in [3.63, 3.8) is 0 Å². The molecule has 0 amide bonds. The van der Waals surface area contributed by atoms with E-state index >= 15 is 0 Å². The third-order valence-electron chi connectivity index (χ3n) is 2.55. The molecule has 0 aliphatic carbocycles. The van der Waals surface area contributed by atoms with Crippen molar-refractivity contribution in [1.82, 2.24) is 5.16 Å². The quantitative estimate of drug-likeness (QED) is 0.655. The predicted octanol–water partition coefficient (Wildman–Crippen LogP) is 4.11. The third kappa shape index (κ3) is 1.66. The van der Waals surface area contributed by atoms with Crippen LogP contribution in [0.25, 0.3) is 22.3 Å². The van der Waals surface area contributed by atoms with Crippen LogP contribution in [-0.2, 0) is 6.18 Å². The highest BCUT2D eigenvalue weighted by atomic mass is 19.4. The largest absolute Gasteiger partial charge is 0.464 e. The van der Waals surface area contributed by atoms with Gasteiger partial charge in [-0.1, -0.05) is 23.4 Å². The fraction of sp³-hybridized carbons (Fsp3) is 0.0833. The van der Waals surface area contributed by atoms with E-state index in [9.17, 15) is 13.2 Å². The monoisotopic (exact) mass is 253 g/mol. The van der Waals surface area contributed by atoms with Crippen molar-refractivity contribution in [3.05, 3.63) is 42.3 Å². The Morgan fingerprint density at radius 3 is 2.61 bits per heavy atom. The first-order valence-electron chi connectivity index (χ1n) is 5.06. The molecule has 0 unspecified atom stereocenters. The van der Waals surface area contributed by atoms with Crippen molar-refractivity contribution < 1.29 is 22.1 Å².